The van der Waals surface area contributed by atoms with Crippen LogP contribution in [0.1, 0.15) is 11.1 Å². The van der Waals surface area contributed by atoms with Crippen LogP contribution in [-0.4, -0.2) is 16.2 Å². The third kappa shape index (κ3) is 5.34. The summed E-state index contributed by atoms with van der Waals surface area (Å²) < 4.78 is 19.8. The highest BCUT2D eigenvalue weighted by molar-refractivity contribution is 6.30. The summed E-state index contributed by atoms with van der Waals surface area (Å²) in [6.07, 6.45) is 0. The SMILES string of the molecule is Cc1ccc(F)c(NC(=O)Nc2ccc(-c3ccc(COc4ccc(Cl)cc4)c4[nH]nc(N)c34)cc2)c1. The van der Waals surface area contributed by atoms with Crippen LogP contribution in [0, 0.1) is 12.7 Å². The second-order valence-corrected chi connectivity index (χ2v) is 8.95. The molecule has 0 bridgehead atoms. The van der Waals surface area contributed by atoms with E-state index < -0.39 is 11.8 Å². The van der Waals surface area contributed by atoms with Gasteiger partial charge in [0.05, 0.1) is 16.6 Å². The molecule has 9 heteroatoms. The number of amides is 2. The van der Waals surface area contributed by atoms with E-state index in [0.29, 0.717) is 28.9 Å². The Morgan fingerprint density at radius 2 is 1.78 bits per heavy atom. The number of carbonyl (C=O) groups is 1. The number of nitrogens with one attached hydrogen (secondary N) is 3. The number of fused-ring (bicyclic) bond motifs is 1. The van der Waals surface area contributed by atoms with Crippen LogP contribution < -0.4 is 21.1 Å². The van der Waals surface area contributed by atoms with Gasteiger partial charge < -0.3 is 21.1 Å². The van der Waals surface area contributed by atoms with Gasteiger partial charge in [-0.3, -0.25) is 5.10 Å². The van der Waals surface area contributed by atoms with Crippen LogP contribution in [0.2, 0.25) is 5.02 Å². The number of aryl methyl sites for hydroxylation is 1. The van der Waals surface area contributed by atoms with Crippen LogP contribution in [0.4, 0.5) is 26.4 Å². The van der Waals surface area contributed by atoms with Crippen molar-refractivity contribution < 1.29 is 13.9 Å². The number of hydrogen-bond donors (Lipinski definition) is 4. The fourth-order valence-electron chi connectivity index (χ4n) is 4.02. The fraction of sp³-hybridized carbons (Fsp3) is 0.0714. The molecule has 5 N–H and O–H groups in total. The lowest BCUT2D eigenvalue weighted by Crippen LogP contribution is -2.20. The van der Waals surface area contributed by atoms with E-state index in [2.05, 4.69) is 20.8 Å². The largest absolute Gasteiger partial charge is 0.489 e. The molecule has 2 amide bonds. The highest BCUT2D eigenvalue weighted by Crippen LogP contribution is 2.34. The summed E-state index contributed by atoms with van der Waals surface area (Å²) in [5.41, 5.74) is 11.2. The average Bonchev–Trinajstić information content (AvgIpc) is 3.28. The van der Waals surface area contributed by atoms with Crippen molar-refractivity contribution in [1.29, 1.82) is 0 Å². The maximum absolute atomic E-state index is 13.9. The molecule has 0 aliphatic carbocycles. The molecule has 0 unspecified atom stereocenters. The Bertz CT molecular complexity index is 1580. The smallest absolute Gasteiger partial charge is 0.323 e. The zero-order valence-electron chi connectivity index (χ0n) is 19.8. The predicted molar refractivity (Wildman–Crippen MR) is 146 cm³/mol. The van der Waals surface area contributed by atoms with E-state index in [1.807, 2.05) is 43.3 Å². The van der Waals surface area contributed by atoms with Crippen molar-refractivity contribution in [3.8, 4) is 16.9 Å². The molecule has 186 valence electrons. The van der Waals surface area contributed by atoms with Crippen LogP contribution >= 0.6 is 11.6 Å². The summed E-state index contributed by atoms with van der Waals surface area (Å²) in [5, 5.41) is 13.9. The van der Waals surface area contributed by atoms with E-state index in [4.69, 9.17) is 22.1 Å². The highest BCUT2D eigenvalue weighted by atomic mass is 35.5. The number of H-pyrrole nitrogens is 1. The van der Waals surface area contributed by atoms with E-state index in [-0.39, 0.29) is 5.69 Å². The highest BCUT2D eigenvalue weighted by Gasteiger charge is 2.15. The molecule has 0 radical (unpaired) electrons. The standard InChI is InChI=1S/C28H23ClFN5O2/c1-16-2-13-23(30)24(14-16)33-28(36)32-20-8-3-17(4-9-20)22-12-5-18(26-25(22)27(31)35-34-26)15-37-21-10-6-19(29)7-11-21/h2-14H,15H2,1H3,(H3,31,34,35)(H2,32,33,36). The van der Waals surface area contributed by atoms with E-state index >= 15 is 0 Å². The summed E-state index contributed by atoms with van der Waals surface area (Å²) in [6, 6.07) is 22.3. The lowest BCUT2D eigenvalue weighted by molar-refractivity contribution is 0.262. The molecule has 0 aliphatic rings. The van der Waals surface area contributed by atoms with Crippen LogP contribution in [0.15, 0.2) is 78.9 Å². The first-order valence-corrected chi connectivity index (χ1v) is 11.8. The molecule has 7 nitrogen and oxygen atoms in total. The minimum Gasteiger partial charge on any atom is -0.489 e. The summed E-state index contributed by atoms with van der Waals surface area (Å²) in [4.78, 5) is 12.4. The van der Waals surface area contributed by atoms with Gasteiger partial charge in [0, 0.05) is 16.3 Å². The van der Waals surface area contributed by atoms with Crippen molar-refractivity contribution in [1.82, 2.24) is 10.2 Å². The van der Waals surface area contributed by atoms with Gasteiger partial charge in [-0.05, 0) is 72.1 Å². The van der Waals surface area contributed by atoms with Crippen molar-refractivity contribution in [3.63, 3.8) is 0 Å². The normalized spacial score (nSPS) is 10.9. The first-order chi connectivity index (χ1) is 17.9. The van der Waals surface area contributed by atoms with Crippen molar-refractivity contribution in [2.75, 3.05) is 16.4 Å². The van der Waals surface area contributed by atoms with E-state index in [1.165, 1.54) is 6.07 Å². The molecule has 0 spiro atoms. The molecule has 0 aliphatic heterocycles. The van der Waals surface area contributed by atoms with Crippen LogP contribution in [0.25, 0.3) is 22.0 Å². The number of aromatic nitrogens is 2. The molecular formula is C28H23ClFN5O2. The maximum Gasteiger partial charge on any atom is 0.323 e. The third-order valence-corrected chi connectivity index (χ3v) is 6.12. The van der Waals surface area contributed by atoms with Gasteiger partial charge in [0.1, 0.15) is 18.2 Å². The van der Waals surface area contributed by atoms with Crippen LogP contribution in [-0.2, 0) is 6.61 Å². The molecule has 5 aromatic rings. The Hall–Kier alpha value is -4.56. The number of nitrogens with two attached hydrogens (primary N) is 1. The number of hydrogen-bond acceptors (Lipinski definition) is 4. The number of aromatic amines is 1. The Kier molecular flexibility index (Phi) is 6.66. The molecule has 37 heavy (non-hydrogen) atoms. The molecule has 0 saturated carbocycles. The Morgan fingerprint density at radius 3 is 2.54 bits per heavy atom. The number of nitrogen functional groups attached to an aromatic ring is 1. The lowest BCUT2D eigenvalue weighted by Gasteiger charge is -2.12. The number of ether oxygens (including phenoxy) is 1. The first-order valence-electron chi connectivity index (χ1n) is 11.5. The first kappa shape index (κ1) is 24.1. The number of carbonyl (C=O) groups excluding carboxylic acids is 1. The van der Waals surface area contributed by atoms with E-state index in [0.717, 1.165) is 33.2 Å². The molecule has 4 aromatic carbocycles. The van der Waals surface area contributed by atoms with Gasteiger partial charge in [0.25, 0.3) is 0 Å². The maximum atomic E-state index is 13.9. The van der Waals surface area contributed by atoms with Gasteiger partial charge >= 0.3 is 6.03 Å². The minimum absolute atomic E-state index is 0.118. The quantitative estimate of drug-likeness (QED) is 0.193. The number of nitrogens with zero attached hydrogens (tertiary/aromatic N) is 1. The zero-order chi connectivity index (χ0) is 25.9. The van der Waals surface area contributed by atoms with Gasteiger partial charge in [-0.1, -0.05) is 41.9 Å². The van der Waals surface area contributed by atoms with Gasteiger partial charge in [0.15, 0.2) is 5.82 Å². The second-order valence-electron chi connectivity index (χ2n) is 8.51. The van der Waals surface area contributed by atoms with E-state index in [1.54, 1.807) is 36.4 Å². The second kappa shape index (κ2) is 10.2. The molecule has 1 heterocycles. The fourth-order valence-corrected chi connectivity index (χ4v) is 4.14. The Labute approximate surface area is 217 Å². The van der Waals surface area contributed by atoms with Gasteiger partial charge in [-0.15, -0.1) is 0 Å². The zero-order valence-corrected chi connectivity index (χ0v) is 20.6. The third-order valence-electron chi connectivity index (χ3n) is 5.87. The van der Waals surface area contributed by atoms with E-state index in [9.17, 15) is 9.18 Å². The molecule has 1 aromatic heterocycles. The number of anilines is 3. The van der Waals surface area contributed by atoms with Crippen LogP contribution in [0.5, 0.6) is 5.75 Å². The van der Waals surface area contributed by atoms with Crippen LogP contribution in [0.3, 0.4) is 0 Å². The minimum atomic E-state index is -0.538. The van der Waals surface area contributed by atoms with Gasteiger partial charge in [-0.2, -0.15) is 5.10 Å². The average molecular weight is 516 g/mol. The molecule has 0 saturated heterocycles. The van der Waals surface area contributed by atoms with Crippen molar-refractivity contribution in [3.05, 3.63) is 101 Å². The summed E-state index contributed by atoms with van der Waals surface area (Å²) in [7, 11) is 0. The van der Waals surface area contributed by atoms with Crippen molar-refractivity contribution in [2.45, 2.75) is 13.5 Å². The topological polar surface area (TPSA) is 105 Å². The lowest BCUT2D eigenvalue weighted by atomic mass is 9.98. The van der Waals surface area contributed by atoms with Crippen molar-refractivity contribution in [2.24, 2.45) is 0 Å². The van der Waals surface area contributed by atoms with Gasteiger partial charge in [0.2, 0.25) is 0 Å². The molecule has 0 fully saturated rings. The summed E-state index contributed by atoms with van der Waals surface area (Å²) in [6.45, 7) is 2.14. The number of benzene rings is 4. The Morgan fingerprint density at radius 1 is 1.03 bits per heavy atom. The number of halogens is 2. The van der Waals surface area contributed by atoms with Crippen molar-refractivity contribution >= 4 is 45.7 Å². The summed E-state index contributed by atoms with van der Waals surface area (Å²) in [5.74, 6) is 0.575. The predicted octanol–water partition coefficient (Wildman–Crippen LogP) is 7.14. The van der Waals surface area contributed by atoms with Gasteiger partial charge in [-0.25, -0.2) is 9.18 Å². The molecule has 5 rings (SSSR count). The monoisotopic (exact) mass is 515 g/mol. The summed E-state index contributed by atoms with van der Waals surface area (Å²) >= 11 is 5.94. The molecular weight excluding hydrogens is 493 g/mol. The molecule has 0 atom stereocenters. The Balaban J connectivity index is 1.33. The number of rotatable bonds is 6. The number of urea groups is 1.